The molecule has 1 atom stereocenters. The van der Waals surface area contributed by atoms with Crippen LogP contribution in [-0.2, 0) is 15.3 Å². The predicted molar refractivity (Wildman–Crippen MR) is 83.4 cm³/mol. The van der Waals surface area contributed by atoms with E-state index < -0.39 is 0 Å². The molecule has 1 heterocycles. The molecule has 1 aromatic carbocycles. The SMILES string of the molecule is CCOC(=O)C1SCc2ccccc2N=C1SCC. The van der Waals surface area contributed by atoms with E-state index in [-0.39, 0.29) is 11.2 Å². The molecule has 5 heteroatoms. The molecule has 0 fully saturated rings. The minimum atomic E-state index is -0.294. The fourth-order valence-corrected chi connectivity index (χ4v) is 3.91. The second kappa shape index (κ2) is 7.01. The number of benzene rings is 1. The highest BCUT2D eigenvalue weighted by Crippen LogP contribution is 2.34. The summed E-state index contributed by atoms with van der Waals surface area (Å²) in [7, 11) is 0. The number of thioether (sulfide) groups is 2. The van der Waals surface area contributed by atoms with Gasteiger partial charge in [-0.3, -0.25) is 4.79 Å². The Morgan fingerprint density at radius 2 is 2.26 bits per heavy atom. The number of hydrogen-bond donors (Lipinski definition) is 0. The number of esters is 1. The lowest BCUT2D eigenvalue weighted by atomic mass is 10.2. The third-order valence-electron chi connectivity index (χ3n) is 2.64. The van der Waals surface area contributed by atoms with Crippen molar-refractivity contribution in [2.75, 3.05) is 12.4 Å². The monoisotopic (exact) mass is 295 g/mol. The van der Waals surface area contributed by atoms with Gasteiger partial charge in [-0.1, -0.05) is 25.1 Å². The van der Waals surface area contributed by atoms with E-state index in [0.29, 0.717) is 6.61 Å². The topological polar surface area (TPSA) is 38.7 Å². The fourth-order valence-electron chi connectivity index (χ4n) is 1.81. The average Bonchev–Trinajstić information content (AvgIpc) is 2.58. The van der Waals surface area contributed by atoms with Crippen LogP contribution in [0, 0.1) is 0 Å². The zero-order chi connectivity index (χ0) is 13.7. The lowest BCUT2D eigenvalue weighted by molar-refractivity contribution is -0.141. The van der Waals surface area contributed by atoms with Gasteiger partial charge in [0.15, 0.2) is 5.25 Å². The highest BCUT2D eigenvalue weighted by Gasteiger charge is 2.29. The third kappa shape index (κ3) is 3.54. The molecule has 102 valence electrons. The van der Waals surface area contributed by atoms with Gasteiger partial charge >= 0.3 is 5.97 Å². The van der Waals surface area contributed by atoms with Gasteiger partial charge < -0.3 is 4.74 Å². The van der Waals surface area contributed by atoms with E-state index in [1.807, 2.05) is 25.1 Å². The first-order valence-corrected chi connectivity index (χ1v) is 8.37. The molecule has 0 aliphatic carbocycles. The first-order chi connectivity index (χ1) is 9.26. The van der Waals surface area contributed by atoms with Gasteiger partial charge in [-0.15, -0.1) is 23.5 Å². The Labute approximate surface area is 122 Å². The second-order valence-electron chi connectivity index (χ2n) is 3.95. The second-order valence-corrected chi connectivity index (χ2v) is 6.33. The molecule has 0 N–H and O–H groups in total. The number of carbonyl (C=O) groups excluding carboxylic acids is 1. The van der Waals surface area contributed by atoms with Gasteiger partial charge in [-0.05, 0) is 24.3 Å². The number of aliphatic imine (C=N–C) groups is 1. The molecule has 0 amide bonds. The van der Waals surface area contributed by atoms with Gasteiger partial charge in [0, 0.05) is 5.75 Å². The van der Waals surface area contributed by atoms with E-state index in [1.54, 1.807) is 23.5 Å². The molecular weight excluding hydrogens is 278 g/mol. The van der Waals surface area contributed by atoms with Crippen LogP contribution >= 0.6 is 23.5 Å². The van der Waals surface area contributed by atoms with Crippen LogP contribution in [0.25, 0.3) is 0 Å². The van der Waals surface area contributed by atoms with E-state index in [0.717, 1.165) is 22.2 Å². The van der Waals surface area contributed by atoms with Crippen LogP contribution in [0.2, 0.25) is 0 Å². The molecule has 0 spiro atoms. The smallest absolute Gasteiger partial charge is 0.325 e. The largest absolute Gasteiger partial charge is 0.465 e. The van der Waals surface area contributed by atoms with Crippen LogP contribution in [0.1, 0.15) is 19.4 Å². The van der Waals surface area contributed by atoms with Crippen molar-refractivity contribution in [2.45, 2.75) is 24.9 Å². The summed E-state index contributed by atoms with van der Waals surface area (Å²) in [6.45, 7) is 4.31. The predicted octanol–water partition coefficient (Wildman–Crippen LogP) is 3.65. The van der Waals surface area contributed by atoms with E-state index in [9.17, 15) is 4.79 Å². The van der Waals surface area contributed by atoms with Gasteiger partial charge in [-0.25, -0.2) is 4.99 Å². The highest BCUT2D eigenvalue weighted by atomic mass is 32.2. The average molecular weight is 295 g/mol. The maximum Gasteiger partial charge on any atom is 0.325 e. The summed E-state index contributed by atoms with van der Waals surface area (Å²) in [4.78, 5) is 16.7. The third-order valence-corrected chi connectivity index (χ3v) is 4.93. The van der Waals surface area contributed by atoms with E-state index in [2.05, 4.69) is 18.0 Å². The fraction of sp³-hybridized carbons (Fsp3) is 0.429. The standard InChI is InChI=1S/C14H17NO2S2/c1-3-17-14(16)12-13(18-4-2)15-11-8-6-5-7-10(11)9-19-12/h5-8,12H,3-4,9H2,1-2H3. The highest BCUT2D eigenvalue weighted by molar-refractivity contribution is 8.16. The zero-order valence-electron chi connectivity index (χ0n) is 11.1. The summed E-state index contributed by atoms with van der Waals surface area (Å²) in [5.74, 6) is 1.51. The van der Waals surface area contributed by atoms with Gasteiger partial charge in [0.2, 0.25) is 0 Å². The maximum absolute atomic E-state index is 12.0. The molecule has 0 saturated carbocycles. The Balaban J connectivity index is 2.31. The maximum atomic E-state index is 12.0. The number of rotatable bonds is 3. The summed E-state index contributed by atoms with van der Waals surface area (Å²) >= 11 is 3.22. The molecule has 0 bridgehead atoms. The molecule has 2 rings (SSSR count). The molecule has 1 aliphatic rings. The number of carbonyl (C=O) groups is 1. The van der Waals surface area contributed by atoms with Crippen LogP contribution in [0.5, 0.6) is 0 Å². The van der Waals surface area contributed by atoms with Gasteiger partial charge in [0.05, 0.1) is 17.3 Å². The first-order valence-electron chi connectivity index (χ1n) is 6.33. The molecule has 3 nitrogen and oxygen atoms in total. The first kappa shape index (κ1) is 14.5. The zero-order valence-corrected chi connectivity index (χ0v) is 12.7. The van der Waals surface area contributed by atoms with Crippen molar-refractivity contribution < 1.29 is 9.53 Å². The van der Waals surface area contributed by atoms with Crippen LogP contribution in [0.15, 0.2) is 29.3 Å². The van der Waals surface area contributed by atoms with Gasteiger partial charge in [0.1, 0.15) is 0 Å². The van der Waals surface area contributed by atoms with Crippen LogP contribution in [0.3, 0.4) is 0 Å². The molecular formula is C14H17NO2S2. The summed E-state index contributed by atoms with van der Waals surface area (Å²) in [6.07, 6.45) is 0. The van der Waals surface area contributed by atoms with Crippen LogP contribution < -0.4 is 0 Å². The summed E-state index contributed by atoms with van der Waals surface area (Å²) in [5, 5.41) is 0.563. The molecule has 19 heavy (non-hydrogen) atoms. The Kier molecular flexibility index (Phi) is 5.34. The number of hydrogen-bond acceptors (Lipinski definition) is 5. The Bertz CT molecular complexity index is 488. The quantitative estimate of drug-likeness (QED) is 0.798. The summed E-state index contributed by atoms with van der Waals surface area (Å²) < 4.78 is 5.16. The number of fused-ring (bicyclic) bond motifs is 1. The van der Waals surface area contributed by atoms with Crippen molar-refractivity contribution in [3.05, 3.63) is 29.8 Å². The van der Waals surface area contributed by atoms with Crippen LogP contribution in [0.4, 0.5) is 5.69 Å². The minimum absolute atomic E-state index is 0.181. The van der Waals surface area contributed by atoms with Crippen molar-refractivity contribution >= 4 is 40.2 Å². The van der Waals surface area contributed by atoms with Crippen molar-refractivity contribution in [1.82, 2.24) is 0 Å². The normalized spacial score (nSPS) is 18.2. The van der Waals surface area contributed by atoms with Crippen molar-refractivity contribution in [3.8, 4) is 0 Å². The lowest BCUT2D eigenvalue weighted by Gasteiger charge is -2.14. The Hall–Kier alpha value is -0.940. The number of para-hydroxylation sites is 1. The van der Waals surface area contributed by atoms with Crippen LogP contribution in [-0.4, -0.2) is 28.6 Å². The number of nitrogens with zero attached hydrogens (tertiary/aromatic N) is 1. The Morgan fingerprint density at radius 3 is 3.00 bits per heavy atom. The minimum Gasteiger partial charge on any atom is -0.465 e. The molecule has 0 saturated heterocycles. The van der Waals surface area contributed by atoms with Crippen molar-refractivity contribution in [2.24, 2.45) is 4.99 Å². The van der Waals surface area contributed by atoms with E-state index in [1.165, 1.54) is 5.56 Å². The van der Waals surface area contributed by atoms with Crippen molar-refractivity contribution in [3.63, 3.8) is 0 Å². The molecule has 0 radical (unpaired) electrons. The lowest BCUT2D eigenvalue weighted by Crippen LogP contribution is -2.27. The molecule has 1 unspecified atom stereocenters. The summed E-state index contributed by atoms with van der Waals surface area (Å²) in [5.41, 5.74) is 2.14. The van der Waals surface area contributed by atoms with E-state index in [4.69, 9.17) is 4.74 Å². The van der Waals surface area contributed by atoms with E-state index >= 15 is 0 Å². The summed E-state index contributed by atoms with van der Waals surface area (Å²) in [6, 6.07) is 8.05. The van der Waals surface area contributed by atoms with Gasteiger partial charge in [-0.2, -0.15) is 0 Å². The molecule has 0 aromatic heterocycles. The van der Waals surface area contributed by atoms with Gasteiger partial charge in [0.25, 0.3) is 0 Å². The molecule has 1 aliphatic heterocycles. The molecule has 1 aromatic rings. The Morgan fingerprint density at radius 1 is 1.47 bits per heavy atom. The number of ether oxygens (including phenoxy) is 1. The van der Waals surface area contributed by atoms with Crippen molar-refractivity contribution in [1.29, 1.82) is 0 Å².